The molecule has 1 aromatic carbocycles. The zero-order valence-corrected chi connectivity index (χ0v) is 12.7. The molecule has 106 valence electrons. The van der Waals surface area contributed by atoms with Gasteiger partial charge < -0.3 is 4.74 Å². The Morgan fingerprint density at radius 2 is 2.05 bits per heavy atom. The molecule has 0 aliphatic carbocycles. The minimum atomic E-state index is 0.0341. The second-order valence-electron chi connectivity index (χ2n) is 4.40. The predicted octanol–water partition coefficient (Wildman–Crippen LogP) is 3.20. The van der Waals surface area contributed by atoms with Crippen molar-refractivity contribution in [1.82, 2.24) is 9.78 Å². The van der Waals surface area contributed by atoms with Crippen LogP contribution in [0.4, 0.5) is 0 Å². The molecule has 5 heteroatoms. The van der Waals surface area contributed by atoms with Gasteiger partial charge in [-0.1, -0.05) is 17.7 Å². The van der Waals surface area contributed by atoms with E-state index in [4.69, 9.17) is 4.74 Å². The van der Waals surface area contributed by atoms with Crippen LogP contribution in [-0.2, 0) is 6.54 Å². The third-order valence-electron chi connectivity index (χ3n) is 2.98. The zero-order chi connectivity index (χ0) is 14.5. The van der Waals surface area contributed by atoms with E-state index >= 15 is 0 Å². The quantitative estimate of drug-likeness (QED) is 0.605. The van der Waals surface area contributed by atoms with E-state index in [0.717, 1.165) is 4.90 Å². The summed E-state index contributed by atoms with van der Waals surface area (Å²) in [5.41, 5.74) is 1.76. The van der Waals surface area contributed by atoms with Crippen LogP contribution in [0, 0.1) is 6.92 Å². The number of hydrogen-bond donors (Lipinski definition) is 0. The van der Waals surface area contributed by atoms with Gasteiger partial charge in [-0.05, 0) is 26.0 Å². The van der Waals surface area contributed by atoms with Gasteiger partial charge in [0.2, 0.25) is 0 Å². The first-order chi connectivity index (χ1) is 9.65. The van der Waals surface area contributed by atoms with Crippen LogP contribution >= 0.6 is 11.8 Å². The van der Waals surface area contributed by atoms with Crippen molar-refractivity contribution in [2.45, 2.75) is 25.3 Å². The van der Waals surface area contributed by atoms with Crippen molar-refractivity contribution >= 4 is 17.5 Å². The first-order valence-corrected chi connectivity index (χ1v) is 7.46. The molecular weight excluding hydrogens is 272 g/mol. The molecule has 1 aromatic heterocycles. The van der Waals surface area contributed by atoms with Gasteiger partial charge in [0.05, 0.1) is 19.1 Å². The van der Waals surface area contributed by atoms with Gasteiger partial charge in [0.15, 0.2) is 11.5 Å². The summed E-state index contributed by atoms with van der Waals surface area (Å²) < 4.78 is 6.88. The normalized spacial score (nSPS) is 10.6. The second-order valence-corrected chi connectivity index (χ2v) is 5.45. The molecule has 0 aliphatic heterocycles. The molecule has 0 amide bonds. The van der Waals surface area contributed by atoms with E-state index in [0.29, 0.717) is 23.7 Å². The Kier molecular flexibility index (Phi) is 4.84. The monoisotopic (exact) mass is 290 g/mol. The first-order valence-electron chi connectivity index (χ1n) is 6.48. The Hall–Kier alpha value is -1.75. The maximum atomic E-state index is 12.3. The van der Waals surface area contributed by atoms with E-state index in [-0.39, 0.29) is 5.78 Å². The smallest absolute Gasteiger partial charge is 0.194 e. The van der Waals surface area contributed by atoms with Crippen molar-refractivity contribution in [3.63, 3.8) is 0 Å². The van der Waals surface area contributed by atoms with Gasteiger partial charge in [-0.2, -0.15) is 5.10 Å². The molecule has 0 saturated heterocycles. The molecule has 0 bridgehead atoms. The Balaban J connectivity index is 2.08. The highest BCUT2D eigenvalue weighted by molar-refractivity contribution is 8.00. The SMILES string of the molecule is CCn1ncc(OC)c1C(=O)CSc1ccc(C)cc1. The van der Waals surface area contributed by atoms with E-state index in [9.17, 15) is 4.79 Å². The number of methoxy groups -OCH3 is 1. The Morgan fingerprint density at radius 1 is 1.35 bits per heavy atom. The highest BCUT2D eigenvalue weighted by Gasteiger charge is 2.18. The Morgan fingerprint density at radius 3 is 2.65 bits per heavy atom. The lowest BCUT2D eigenvalue weighted by molar-refractivity contribution is 0.100. The molecule has 0 aliphatic rings. The molecule has 0 unspecified atom stereocenters. The number of carbonyl (C=O) groups is 1. The van der Waals surface area contributed by atoms with Crippen LogP contribution in [0.15, 0.2) is 35.4 Å². The molecule has 0 spiro atoms. The number of rotatable bonds is 6. The average molecular weight is 290 g/mol. The lowest BCUT2D eigenvalue weighted by atomic mass is 10.2. The van der Waals surface area contributed by atoms with Crippen molar-refractivity contribution < 1.29 is 9.53 Å². The summed E-state index contributed by atoms with van der Waals surface area (Å²) in [6, 6.07) is 8.15. The summed E-state index contributed by atoms with van der Waals surface area (Å²) >= 11 is 1.53. The van der Waals surface area contributed by atoms with Gasteiger partial charge in [-0.15, -0.1) is 11.8 Å². The third kappa shape index (κ3) is 3.22. The predicted molar refractivity (Wildman–Crippen MR) is 80.7 cm³/mol. The zero-order valence-electron chi connectivity index (χ0n) is 11.9. The number of thioether (sulfide) groups is 1. The van der Waals surface area contributed by atoms with E-state index in [1.54, 1.807) is 18.0 Å². The van der Waals surface area contributed by atoms with Crippen LogP contribution in [0.5, 0.6) is 5.75 Å². The molecule has 2 rings (SSSR count). The highest BCUT2D eigenvalue weighted by Crippen LogP contribution is 2.23. The highest BCUT2D eigenvalue weighted by atomic mass is 32.2. The fourth-order valence-electron chi connectivity index (χ4n) is 1.89. The molecule has 0 N–H and O–H groups in total. The number of nitrogens with zero attached hydrogens (tertiary/aromatic N) is 2. The summed E-state index contributed by atoms with van der Waals surface area (Å²) in [5.74, 6) is 0.957. The number of carbonyl (C=O) groups excluding carboxylic acids is 1. The van der Waals surface area contributed by atoms with Gasteiger partial charge in [0.1, 0.15) is 5.69 Å². The summed E-state index contributed by atoms with van der Waals surface area (Å²) in [6.45, 7) is 4.65. The number of aromatic nitrogens is 2. The van der Waals surface area contributed by atoms with Crippen LogP contribution in [0.25, 0.3) is 0 Å². The Bertz CT molecular complexity index is 569. The maximum absolute atomic E-state index is 12.3. The molecule has 0 radical (unpaired) electrons. The number of Topliss-reactive ketones (excluding diaryl/α,β-unsaturated/α-hetero) is 1. The van der Waals surface area contributed by atoms with Gasteiger partial charge in [0.25, 0.3) is 0 Å². The fourth-order valence-corrected chi connectivity index (χ4v) is 2.65. The van der Waals surface area contributed by atoms with Crippen molar-refractivity contribution in [3.05, 3.63) is 41.7 Å². The molecule has 4 nitrogen and oxygen atoms in total. The lowest BCUT2D eigenvalue weighted by Crippen LogP contribution is -2.12. The van der Waals surface area contributed by atoms with Crippen molar-refractivity contribution in [2.75, 3.05) is 12.9 Å². The van der Waals surface area contributed by atoms with Crippen molar-refractivity contribution in [1.29, 1.82) is 0 Å². The molecule has 20 heavy (non-hydrogen) atoms. The Labute approximate surface area is 123 Å². The van der Waals surface area contributed by atoms with Gasteiger partial charge in [-0.25, -0.2) is 0 Å². The van der Waals surface area contributed by atoms with Gasteiger partial charge >= 0.3 is 0 Å². The standard InChI is InChI=1S/C15H18N2O2S/c1-4-17-15(14(19-3)9-16-17)13(18)10-20-12-7-5-11(2)6-8-12/h5-9H,4,10H2,1-3H3. The summed E-state index contributed by atoms with van der Waals surface area (Å²) in [6.07, 6.45) is 1.59. The van der Waals surface area contributed by atoms with Crippen LogP contribution in [0.1, 0.15) is 23.0 Å². The van der Waals surface area contributed by atoms with Crippen LogP contribution in [0.2, 0.25) is 0 Å². The number of hydrogen-bond acceptors (Lipinski definition) is 4. The van der Waals surface area contributed by atoms with Gasteiger partial charge in [-0.3, -0.25) is 9.48 Å². The summed E-state index contributed by atoms with van der Waals surface area (Å²) in [5, 5.41) is 4.15. The fraction of sp³-hybridized carbons (Fsp3) is 0.333. The first kappa shape index (κ1) is 14.7. The number of ether oxygens (including phenoxy) is 1. The third-order valence-corrected chi connectivity index (χ3v) is 3.99. The molecule has 0 atom stereocenters. The van der Waals surface area contributed by atoms with Gasteiger partial charge in [0, 0.05) is 11.4 Å². The number of ketones is 1. The topological polar surface area (TPSA) is 44.1 Å². The molecule has 0 saturated carbocycles. The average Bonchev–Trinajstić information content (AvgIpc) is 2.89. The maximum Gasteiger partial charge on any atom is 0.194 e. The minimum Gasteiger partial charge on any atom is -0.493 e. The van der Waals surface area contributed by atoms with E-state index in [1.807, 2.05) is 38.1 Å². The molecule has 2 aromatic rings. The van der Waals surface area contributed by atoms with E-state index in [1.165, 1.54) is 17.3 Å². The summed E-state index contributed by atoms with van der Waals surface area (Å²) in [4.78, 5) is 13.4. The largest absolute Gasteiger partial charge is 0.493 e. The van der Waals surface area contributed by atoms with E-state index in [2.05, 4.69) is 5.10 Å². The minimum absolute atomic E-state index is 0.0341. The lowest BCUT2D eigenvalue weighted by Gasteiger charge is -2.06. The number of benzene rings is 1. The van der Waals surface area contributed by atoms with E-state index < -0.39 is 0 Å². The summed E-state index contributed by atoms with van der Waals surface area (Å²) in [7, 11) is 1.56. The van der Waals surface area contributed by atoms with Crippen LogP contribution in [-0.4, -0.2) is 28.4 Å². The number of aryl methyl sites for hydroxylation is 2. The van der Waals surface area contributed by atoms with Crippen LogP contribution < -0.4 is 4.74 Å². The van der Waals surface area contributed by atoms with Crippen molar-refractivity contribution in [3.8, 4) is 5.75 Å². The van der Waals surface area contributed by atoms with Crippen molar-refractivity contribution in [2.24, 2.45) is 0 Å². The molecular formula is C15H18N2O2S. The molecule has 1 heterocycles. The molecule has 0 fully saturated rings. The van der Waals surface area contributed by atoms with Crippen LogP contribution in [0.3, 0.4) is 0 Å². The second kappa shape index (κ2) is 6.61.